The van der Waals surface area contributed by atoms with Gasteiger partial charge in [-0.05, 0) is 178 Å². The second-order valence-electron chi connectivity index (χ2n) is 32.0. The first-order valence-electron chi connectivity index (χ1n) is 42.7. The van der Waals surface area contributed by atoms with Crippen LogP contribution in [0.4, 0.5) is 44.6 Å². The number of hydrogen-bond donors (Lipinski definition) is 5. The molecule has 3 fully saturated rings. The van der Waals surface area contributed by atoms with E-state index < -0.39 is 41.7 Å². The van der Waals surface area contributed by atoms with Crippen LogP contribution in [0.2, 0.25) is 0 Å². The molecule has 3 amide bonds. The largest absolute Gasteiger partial charge is 1.00 e. The number of carbonyl (C=O) groups is 5. The molecule has 704 valence electrons. The van der Waals surface area contributed by atoms with Gasteiger partial charge in [0.15, 0.2) is 0 Å². The Labute approximate surface area is 794 Å². The summed E-state index contributed by atoms with van der Waals surface area (Å²) in [5.74, 6) is 5.15. The van der Waals surface area contributed by atoms with Gasteiger partial charge in [0.25, 0.3) is 0 Å². The van der Waals surface area contributed by atoms with Crippen molar-refractivity contribution in [2.24, 2.45) is 0 Å². The van der Waals surface area contributed by atoms with Gasteiger partial charge in [0.2, 0.25) is 29.9 Å². The number of aliphatic hydroxyl groups excluding tert-OH is 1. The molecule has 3 atom stereocenters. The summed E-state index contributed by atoms with van der Waals surface area (Å²) in [6, 6.07) is 51.0. The number of methoxy groups -OCH3 is 2. The van der Waals surface area contributed by atoms with Gasteiger partial charge in [0, 0.05) is 78.6 Å². The van der Waals surface area contributed by atoms with Crippen LogP contribution in [-0.4, -0.2) is 235 Å². The molecule has 6 aromatic carbocycles. The van der Waals surface area contributed by atoms with E-state index in [1.165, 1.54) is 23.5 Å². The van der Waals surface area contributed by atoms with Crippen LogP contribution in [0.3, 0.4) is 0 Å². The fraction of sp³-hybridized carbons (Fsp3) is 0.344. The van der Waals surface area contributed by atoms with E-state index in [-0.39, 0.29) is 65.5 Å². The Balaban J connectivity index is 0.000000245. The van der Waals surface area contributed by atoms with Crippen LogP contribution in [0.5, 0.6) is 46.3 Å². The van der Waals surface area contributed by atoms with Crippen LogP contribution in [0.25, 0.3) is 66.5 Å². The number of aldehydes is 1. The minimum atomic E-state index is -4.64. The molecular formula is C96H116F4N17NaO15. The predicted octanol–water partition coefficient (Wildman–Crippen LogP) is 13.4. The average Bonchev–Trinajstić information content (AvgIpc) is 1.59. The summed E-state index contributed by atoms with van der Waals surface area (Å²) < 4.78 is 100. The second kappa shape index (κ2) is 50.4. The molecule has 0 bridgehead atoms. The zero-order chi connectivity index (χ0) is 97.4. The number of carboxylic acid groups (broad SMARTS) is 1. The Morgan fingerprint density at radius 3 is 1.08 bits per heavy atom. The standard InChI is InChI=1S/C29H32N6O3.C28H31N5O4.C27H28FN5O3.C6H11NO2.C2HF3O.C2H6.CH4O.CH3O.Na/c1-33(2)16-7-10-24(36)34-17-15-21(18-34)35-28-26(27(30)31-19-32-28)25(29(35)37-3)20-11-13-23(14-12-20)38-22-8-5-4-6-9-22;1-28(2,3)37-27(34)32-15-14-19(16-32)33-25-23(24(29)30-17-31-25)22(26(33)35-4)18-10-12-21(13-11-18)36-20-8-6-5-7-9-20;1-27(2,3)36-26(34)32-14-13-18(15-32)33-23(28)21(22-24(29)30-16-31-25(22)33)17-9-11-20(12-10-17)35-19-7-5-4-6-8-19;1-7(2)5-3-4-6(8)9;3-2(4,5)1-6;3*1-2;/h4-14,19,21H,15-18H2,1-3H3,(H2,30,31,32);5-13,17,19H,14-16H2,1-4H3,(H2,29,30,31);4-12,16,18H,13-15H2,1-3H3,(H2,29,30,31);3-4H,5H2,1-2H3,(H,8,9);1H;1-2H3;2H,1H3;1H3;/q;;;;;;;-1;+1/b10-7+;;;4-3+;;;;;/t21-;19-;18-;;;;;;/m111....../s1/i;;;;;1D;;;. The maximum atomic E-state index is 16.1. The Kier molecular flexibility index (Phi) is 39.8. The summed E-state index contributed by atoms with van der Waals surface area (Å²) in [5.41, 5.74) is 24.0. The molecule has 0 saturated carbocycles. The second-order valence-corrected chi connectivity index (χ2v) is 32.0. The number of para-hydroxylation sites is 3. The van der Waals surface area contributed by atoms with Crippen molar-refractivity contribution < 1.29 is 121 Å². The fourth-order valence-corrected chi connectivity index (χ4v) is 14.4. The van der Waals surface area contributed by atoms with Crippen molar-refractivity contribution >= 4 is 80.9 Å². The molecule has 6 aromatic heterocycles. The van der Waals surface area contributed by atoms with Crippen molar-refractivity contribution in [2.45, 2.75) is 110 Å². The Morgan fingerprint density at radius 2 is 0.774 bits per heavy atom. The summed E-state index contributed by atoms with van der Waals surface area (Å²) in [6.07, 6.45) is 6.16. The van der Waals surface area contributed by atoms with Gasteiger partial charge in [0.05, 0.1) is 59.6 Å². The number of nitrogen functional groups attached to an aromatic ring is 3. The molecule has 3 aliphatic rings. The Bertz CT molecular complexity index is 5830. The first-order chi connectivity index (χ1) is 63.5. The quantitative estimate of drug-likeness (QED) is 0.0205. The summed E-state index contributed by atoms with van der Waals surface area (Å²) in [7, 11) is 12.7. The number of alkyl halides is 3. The van der Waals surface area contributed by atoms with Gasteiger partial charge in [-0.15, -0.1) is 0 Å². The molecule has 15 rings (SSSR count). The number of carboxylic acids is 1. The van der Waals surface area contributed by atoms with Crippen LogP contribution >= 0.6 is 0 Å². The van der Waals surface area contributed by atoms with E-state index in [9.17, 15) is 32.3 Å². The molecule has 0 radical (unpaired) electrons. The number of benzene rings is 6. The first kappa shape index (κ1) is 105. The zero-order valence-electron chi connectivity index (χ0n) is 78.6. The molecule has 3 aliphatic heterocycles. The third-order valence-electron chi connectivity index (χ3n) is 19.8. The van der Waals surface area contributed by atoms with Crippen LogP contribution in [0.1, 0.15) is 94.1 Å². The molecule has 133 heavy (non-hydrogen) atoms. The smallest absolute Gasteiger partial charge is 0.857 e. The number of hydrogen-bond acceptors (Lipinski definition) is 25. The van der Waals surface area contributed by atoms with Crippen molar-refractivity contribution in [2.75, 3.05) is 126 Å². The van der Waals surface area contributed by atoms with Crippen LogP contribution in [0, 0.1) is 5.95 Å². The van der Waals surface area contributed by atoms with Gasteiger partial charge >= 0.3 is 53.9 Å². The van der Waals surface area contributed by atoms with Crippen LogP contribution in [-0.2, 0) is 23.9 Å². The van der Waals surface area contributed by atoms with Crippen molar-refractivity contribution in [3.8, 4) is 79.6 Å². The monoisotopic (exact) mass is 1850 g/mol. The van der Waals surface area contributed by atoms with Gasteiger partial charge < -0.3 is 90.2 Å². The van der Waals surface area contributed by atoms with Crippen molar-refractivity contribution in [3.05, 3.63) is 213 Å². The number of halogens is 4. The number of likely N-dealkylation sites (tertiary alicyclic amines) is 3. The Hall–Kier alpha value is -13.2. The molecule has 0 spiro atoms. The molecule has 0 unspecified atom stereocenters. The number of aromatic nitrogens is 9. The Morgan fingerprint density at radius 1 is 0.489 bits per heavy atom. The summed E-state index contributed by atoms with van der Waals surface area (Å²) >= 11 is 0. The van der Waals surface area contributed by atoms with E-state index in [1.54, 1.807) is 67.4 Å². The third-order valence-corrected chi connectivity index (χ3v) is 19.8. The van der Waals surface area contributed by atoms with Gasteiger partial charge in [-0.2, -0.15) is 24.7 Å². The number of nitrogens with zero attached hydrogens (tertiary/aromatic N) is 14. The van der Waals surface area contributed by atoms with E-state index >= 15 is 4.39 Å². The number of likely N-dealkylation sites (N-methyl/N-ethyl adjacent to an activating group) is 2. The number of aliphatic hydroxyl groups is 1. The fourth-order valence-electron chi connectivity index (χ4n) is 14.4. The van der Waals surface area contributed by atoms with Gasteiger partial charge in [-0.3, -0.25) is 23.3 Å². The molecule has 3 saturated heterocycles. The normalized spacial score (nSPS) is 14.6. The van der Waals surface area contributed by atoms with Gasteiger partial charge in [-0.25, -0.2) is 44.3 Å². The van der Waals surface area contributed by atoms with E-state index in [4.69, 9.17) is 71.8 Å². The molecule has 9 heterocycles. The van der Waals surface area contributed by atoms with Gasteiger partial charge in [-0.1, -0.05) is 117 Å². The molecule has 12 aromatic rings. The number of ether oxygens (including phenoxy) is 7. The van der Waals surface area contributed by atoms with Gasteiger partial charge in [0.1, 0.15) is 99.1 Å². The van der Waals surface area contributed by atoms with E-state index in [0.29, 0.717) is 145 Å². The summed E-state index contributed by atoms with van der Waals surface area (Å²) in [6.45, 7) is 17.8. The number of fused-ring (bicyclic) bond motifs is 3. The topological polar surface area (TPSA) is 400 Å². The molecule has 0 aliphatic carbocycles. The number of carbonyl (C=O) groups excluding carboxylic acids is 4. The number of amides is 3. The molecule has 8 N–H and O–H groups in total. The van der Waals surface area contributed by atoms with Crippen molar-refractivity contribution in [1.29, 1.82) is 0 Å². The third kappa shape index (κ3) is 29.4. The number of nitrogens with two attached hydrogens (primary N) is 3. The molecule has 37 heteroatoms. The minimum Gasteiger partial charge on any atom is -0.857 e. The average molecular weight is 1850 g/mol. The number of rotatable bonds is 20. The van der Waals surface area contributed by atoms with Crippen molar-refractivity contribution in [1.82, 2.24) is 68.1 Å². The van der Waals surface area contributed by atoms with Crippen LogP contribution < -0.4 is 75.5 Å². The van der Waals surface area contributed by atoms with E-state index in [0.717, 1.165) is 78.0 Å². The first-order valence-corrected chi connectivity index (χ1v) is 42.0. The van der Waals surface area contributed by atoms with Crippen molar-refractivity contribution in [3.63, 3.8) is 0 Å². The number of aliphatic carboxylic acids is 1. The van der Waals surface area contributed by atoms with E-state index in [1.807, 2.05) is 235 Å². The van der Waals surface area contributed by atoms with E-state index in [2.05, 4.69) is 34.5 Å². The maximum Gasteiger partial charge on any atom is 1.00 e. The van der Waals surface area contributed by atoms with Crippen LogP contribution in [0.15, 0.2) is 207 Å². The number of anilines is 3. The summed E-state index contributed by atoms with van der Waals surface area (Å²) in [4.78, 5) is 91.9. The zero-order valence-corrected chi connectivity index (χ0v) is 79.6. The molecule has 32 nitrogen and oxygen atoms in total. The maximum absolute atomic E-state index is 16.1. The summed E-state index contributed by atoms with van der Waals surface area (Å²) in [5, 5.41) is 25.3. The SMILES string of the molecule is CC(C)(C)OC(=O)N1CC[C@@H](n2c(F)c(-c3ccc(Oc4ccccc4)cc3)c3c(N)ncnc32)C1.CN(C)C/C=C/C(=O)O.CO.COc1c(-c2ccc(Oc3ccccc3)cc2)c2c(N)ncnc2n1[C@@H]1CCN(C(=O)/C=C/CN(C)C)C1.COc1c(-c2ccc(Oc3ccccc3)cc2)c2c(N)ncnc2n1[C@@H]1CCN(C(=O)OC(C)(C)C)C1.C[O-].O=CC(F)(F)F.[2H]CC.[Na+]. The predicted molar refractivity (Wildman–Crippen MR) is 498 cm³/mol. The minimum absolute atomic E-state index is 0. The molecular weight excluding hydrogens is 1730 g/mol.